The number of likely N-dealkylation sites (tertiary alicyclic amines) is 1. The normalized spacial score (nSPS) is 21.5. The fraction of sp³-hybridized carbons (Fsp3) is 0.682. The minimum Gasteiger partial charge on any atom is -0.352 e. The Labute approximate surface area is 186 Å². The van der Waals surface area contributed by atoms with Crippen molar-refractivity contribution < 1.29 is 13.2 Å². The molecular weight excluding hydrogens is 422 g/mol. The Morgan fingerprint density at radius 3 is 2.63 bits per heavy atom. The molecule has 2 fully saturated rings. The van der Waals surface area contributed by atoms with Crippen LogP contribution in [0.25, 0.3) is 0 Å². The van der Waals surface area contributed by atoms with Crippen LogP contribution in [-0.4, -0.2) is 62.8 Å². The number of hydrogen-bond donors (Lipinski definition) is 1. The molecule has 6 nitrogen and oxygen atoms in total. The van der Waals surface area contributed by atoms with Gasteiger partial charge in [-0.25, -0.2) is 8.42 Å². The third kappa shape index (κ3) is 6.19. The van der Waals surface area contributed by atoms with E-state index in [1.807, 2.05) is 0 Å². The van der Waals surface area contributed by atoms with Crippen molar-refractivity contribution >= 4 is 27.5 Å². The van der Waals surface area contributed by atoms with Crippen molar-refractivity contribution in [2.24, 2.45) is 5.92 Å². The number of carbonyl (C=O) groups is 1. The Morgan fingerprint density at radius 2 is 1.90 bits per heavy atom. The van der Waals surface area contributed by atoms with Crippen LogP contribution in [-0.2, 0) is 10.0 Å². The second kappa shape index (κ2) is 10.9. The van der Waals surface area contributed by atoms with Crippen molar-refractivity contribution in [3.05, 3.63) is 28.8 Å². The van der Waals surface area contributed by atoms with Gasteiger partial charge in [-0.3, -0.25) is 4.79 Å². The average Bonchev–Trinajstić information content (AvgIpc) is 2.74. The van der Waals surface area contributed by atoms with Gasteiger partial charge in [-0.15, -0.1) is 0 Å². The molecule has 3 rings (SSSR count). The summed E-state index contributed by atoms with van der Waals surface area (Å²) in [5.74, 6) is 0.520. The smallest absolute Gasteiger partial charge is 0.251 e. The number of rotatable bonds is 8. The Morgan fingerprint density at radius 1 is 1.13 bits per heavy atom. The van der Waals surface area contributed by atoms with E-state index in [2.05, 4.69) is 17.1 Å². The molecule has 2 aliphatic heterocycles. The van der Waals surface area contributed by atoms with Gasteiger partial charge in [0.05, 0.1) is 5.02 Å². The maximum Gasteiger partial charge on any atom is 0.251 e. The standard InChI is InChI=1S/C22H34ClN3O3S/c1-18-8-7-13-25(17-18)12-6-3-11-24-22(27)19-9-10-20(23)21(16-19)30(28,29)26-14-4-2-5-15-26/h9-10,16,18H,2-8,11-15,17H2,1H3,(H,24,27). The Kier molecular flexibility index (Phi) is 8.57. The zero-order valence-corrected chi connectivity index (χ0v) is 19.5. The summed E-state index contributed by atoms with van der Waals surface area (Å²) in [6, 6.07) is 4.50. The van der Waals surface area contributed by atoms with Crippen molar-refractivity contribution in [2.75, 3.05) is 39.3 Å². The number of nitrogens with zero attached hydrogens (tertiary/aromatic N) is 2. The number of sulfonamides is 1. The highest BCUT2D eigenvalue weighted by Crippen LogP contribution is 2.28. The van der Waals surface area contributed by atoms with Crippen molar-refractivity contribution in [3.8, 4) is 0 Å². The van der Waals surface area contributed by atoms with E-state index in [1.165, 1.54) is 42.4 Å². The molecule has 0 bridgehead atoms. The molecule has 0 spiro atoms. The van der Waals surface area contributed by atoms with E-state index >= 15 is 0 Å². The highest BCUT2D eigenvalue weighted by Gasteiger charge is 2.28. The van der Waals surface area contributed by atoms with Gasteiger partial charge in [0.15, 0.2) is 0 Å². The summed E-state index contributed by atoms with van der Waals surface area (Å²) < 4.78 is 27.4. The average molecular weight is 456 g/mol. The minimum atomic E-state index is -3.68. The van der Waals surface area contributed by atoms with Gasteiger partial charge in [0, 0.05) is 31.7 Å². The van der Waals surface area contributed by atoms with E-state index < -0.39 is 10.0 Å². The zero-order valence-electron chi connectivity index (χ0n) is 17.9. The van der Waals surface area contributed by atoms with Crippen LogP contribution in [0.2, 0.25) is 5.02 Å². The monoisotopic (exact) mass is 455 g/mol. The molecule has 1 unspecified atom stereocenters. The molecule has 2 saturated heterocycles. The molecule has 1 amide bonds. The summed E-state index contributed by atoms with van der Waals surface area (Å²) in [5, 5.41) is 3.07. The van der Waals surface area contributed by atoms with Gasteiger partial charge in [0.2, 0.25) is 10.0 Å². The number of hydrogen-bond acceptors (Lipinski definition) is 4. The summed E-state index contributed by atoms with van der Waals surface area (Å²) in [6.45, 7) is 7.31. The van der Waals surface area contributed by atoms with Gasteiger partial charge >= 0.3 is 0 Å². The second-order valence-corrected chi connectivity index (χ2v) is 10.9. The van der Waals surface area contributed by atoms with Gasteiger partial charge < -0.3 is 10.2 Å². The largest absolute Gasteiger partial charge is 0.352 e. The number of nitrogens with one attached hydrogen (secondary N) is 1. The lowest BCUT2D eigenvalue weighted by Gasteiger charge is -2.30. The molecule has 0 aliphatic carbocycles. The lowest BCUT2D eigenvalue weighted by Crippen LogP contribution is -2.36. The molecule has 2 aliphatic rings. The molecule has 0 aromatic heterocycles. The molecule has 0 saturated carbocycles. The first-order valence-corrected chi connectivity index (χ1v) is 13.0. The molecule has 2 heterocycles. The predicted octanol–water partition coefficient (Wildman–Crippen LogP) is 3.76. The predicted molar refractivity (Wildman–Crippen MR) is 120 cm³/mol. The van der Waals surface area contributed by atoms with E-state index in [0.717, 1.165) is 44.6 Å². The SMILES string of the molecule is CC1CCCN(CCCCNC(=O)c2ccc(Cl)c(S(=O)(=O)N3CCCCC3)c2)C1. The van der Waals surface area contributed by atoms with Crippen LogP contribution in [0.5, 0.6) is 0 Å². The highest BCUT2D eigenvalue weighted by molar-refractivity contribution is 7.89. The van der Waals surface area contributed by atoms with Crippen LogP contribution < -0.4 is 5.32 Å². The molecule has 0 radical (unpaired) electrons. The van der Waals surface area contributed by atoms with Crippen LogP contribution >= 0.6 is 11.6 Å². The van der Waals surface area contributed by atoms with Crippen molar-refractivity contribution in [1.29, 1.82) is 0 Å². The number of halogens is 1. The molecule has 30 heavy (non-hydrogen) atoms. The molecule has 8 heteroatoms. The molecule has 1 aromatic rings. The van der Waals surface area contributed by atoms with Crippen LogP contribution in [0, 0.1) is 5.92 Å². The number of unbranched alkanes of at least 4 members (excludes halogenated alkanes) is 1. The summed E-state index contributed by atoms with van der Waals surface area (Å²) >= 11 is 6.19. The van der Waals surface area contributed by atoms with Gasteiger partial charge in [0.1, 0.15) is 4.90 Å². The van der Waals surface area contributed by atoms with Crippen molar-refractivity contribution in [1.82, 2.24) is 14.5 Å². The molecule has 1 atom stereocenters. The van der Waals surface area contributed by atoms with E-state index in [-0.39, 0.29) is 15.8 Å². The zero-order chi connectivity index (χ0) is 21.6. The fourth-order valence-electron chi connectivity index (χ4n) is 4.34. The Hall–Kier alpha value is -1.15. The first kappa shape index (κ1) is 23.5. The lowest BCUT2D eigenvalue weighted by atomic mass is 10.0. The maximum atomic E-state index is 13.0. The van der Waals surface area contributed by atoms with E-state index in [0.29, 0.717) is 25.2 Å². The second-order valence-electron chi connectivity index (χ2n) is 8.62. The van der Waals surface area contributed by atoms with Crippen molar-refractivity contribution in [3.63, 3.8) is 0 Å². The molecular formula is C22H34ClN3O3S. The number of amides is 1. The third-order valence-electron chi connectivity index (χ3n) is 6.05. The topological polar surface area (TPSA) is 69.7 Å². The number of piperidine rings is 2. The maximum absolute atomic E-state index is 13.0. The van der Waals surface area contributed by atoms with Crippen LogP contribution in [0.4, 0.5) is 0 Å². The summed E-state index contributed by atoms with van der Waals surface area (Å²) in [4.78, 5) is 15.1. The molecule has 1 aromatic carbocycles. The van der Waals surface area contributed by atoms with E-state index in [4.69, 9.17) is 11.6 Å². The lowest BCUT2D eigenvalue weighted by molar-refractivity contribution is 0.0952. The fourth-order valence-corrected chi connectivity index (χ4v) is 6.36. The summed E-state index contributed by atoms with van der Waals surface area (Å²) in [7, 11) is -3.68. The quantitative estimate of drug-likeness (QED) is 0.606. The summed E-state index contributed by atoms with van der Waals surface area (Å²) in [6.07, 6.45) is 7.30. The number of carbonyl (C=O) groups excluding carboxylic acids is 1. The van der Waals surface area contributed by atoms with Gasteiger partial charge in [-0.2, -0.15) is 4.31 Å². The molecule has 168 valence electrons. The first-order valence-electron chi connectivity index (χ1n) is 11.2. The van der Waals surface area contributed by atoms with E-state index in [1.54, 1.807) is 6.07 Å². The molecule has 1 N–H and O–H groups in total. The minimum absolute atomic E-state index is 0.0259. The summed E-state index contributed by atoms with van der Waals surface area (Å²) in [5.41, 5.74) is 0.333. The van der Waals surface area contributed by atoms with Gasteiger partial charge in [-0.1, -0.05) is 24.9 Å². The van der Waals surface area contributed by atoms with Crippen LogP contribution in [0.1, 0.15) is 62.2 Å². The van der Waals surface area contributed by atoms with Crippen LogP contribution in [0.15, 0.2) is 23.1 Å². The Bertz CT molecular complexity index is 825. The third-order valence-corrected chi connectivity index (χ3v) is 8.43. The van der Waals surface area contributed by atoms with Crippen LogP contribution in [0.3, 0.4) is 0 Å². The highest BCUT2D eigenvalue weighted by atomic mass is 35.5. The van der Waals surface area contributed by atoms with Gasteiger partial charge in [-0.05, 0) is 75.7 Å². The Balaban J connectivity index is 1.51. The van der Waals surface area contributed by atoms with Gasteiger partial charge in [0.25, 0.3) is 5.91 Å². The van der Waals surface area contributed by atoms with E-state index in [9.17, 15) is 13.2 Å². The first-order chi connectivity index (χ1) is 14.4. The number of benzene rings is 1. The van der Waals surface area contributed by atoms with Crippen molar-refractivity contribution in [2.45, 2.75) is 56.8 Å².